The van der Waals surface area contributed by atoms with Crippen LogP contribution in [0, 0.1) is 6.92 Å². The molecule has 0 heterocycles. The third-order valence-corrected chi connectivity index (χ3v) is 3.79. The van der Waals surface area contributed by atoms with E-state index < -0.39 is 10.1 Å². The Bertz CT molecular complexity index is 463. The van der Waals surface area contributed by atoms with Crippen LogP contribution in [0.5, 0.6) is 0 Å². The summed E-state index contributed by atoms with van der Waals surface area (Å²) in [5.41, 5.74) is 1.01. The van der Waals surface area contributed by atoms with Crippen LogP contribution in [0.2, 0.25) is 0 Å². The lowest BCUT2D eigenvalue weighted by atomic mass is 10.2. The number of halogens is 1. The summed E-state index contributed by atoms with van der Waals surface area (Å²) in [6.45, 7) is 5.71. The molecule has 1 aromatic rings. The number of hydrogen-bond donors (Lipinski definition) is 0. The minimum absolute atomic E-state index is 0.137. The van der Waals surface area contributed by atoms with Crippen LogP contribution in [0.3, 0.4) is 0 Å². The van der Waals surface area contributed by atoms with Gasteiger partial charge in [-0.3, -0.25) is 4.18 Å². The molecule has 0 N–H and O–H groups in total. The van der Waals surface area contributed by atoms with Crippen LogP contribution < -0.4 is 0 Å². The van der Waals surface area contributed by atoms with E-state index in [0.29, 0.717) is 6.42 Å². The number of hydrogen-bond acceptors (Lipinski definition) is 3. The van der Waals surface area contributed by atoms with Gasteiger partial charge in [0, 0.05) is 6.42 Å². The molecule has 0 aromatic heterocycles. The van der Waals surface area contributed by atoms with Crippen LogP contribution in [-0.4, -0.2) is 15.0 Å². The van der Waals surface area contributed by atoms with Gasteiger partial charge in [0.2, 0.25) is 0 Å². The molecular formula is C11H13IO3S. The predicted molar refractivity (Wildman–Crippen MR) is 72.1 cm³/mol. The normalized spacial score (nSPS) is 11.4. The number of rotatable bonds is 5. The van der Waals surface area contributed by atoms with Gasteiger partial charge in [-0.25, -0.2) is 0 Å². The van der Waals surface area contributed by atoms with Gasteiger partial charge < -0.3 is 0 Å². The second-order valence-electron chi connectivity index (χ2n) is 3.36. The predicted octanol–water partition coefficient (Wildman–Crippen LogP) is 3.04. The Kier molecular flexibility index (Phi) is 4.94. The van der Waals surface area contributed by atoms with Gasteiger partial charge in [-0.15, -0.1) is 0 Å². The van der Waals surface area contributed by atoms with Gasteiger partial charge in [-0.1, -0.05) is 24.3 Å². The summed E-state index contributed by atoms with van der Waals surface area (Å²) >= 11 is 2.04. The second kappa shape index (κ2) is 5.79. The lowest BCUT2D eigenvalue weighted by Gasteiger charge is -2.05. The molecule has 3 nitrogen and oxygen atoms in total. The van der Waals surface area contributed by atoms with Gasteiger partial charge in [0.1, 0.15) is 0 Å². The van der Waals surface area contributed by atoms with Crippen LogP contribution in [0.15, 0.2) is 39.3 Å². The molecule has 16 heavy (non-hydrogen) atoms. The fourth-order valence-corrected chi connectivity index (χ4v) is 2.16. The lowest BCUT2D eigenvalue weighted by molar-refractivity contribution is 0.324. The Morgan fingerprint density at radius 2 is 1.94 bits per heavy atom. The molecule has 0 saturated heterocycles. The highest BCUT2D eigenvalue weighted by Gasteiger charge is 2.14. The zero-order valence-corrected chi connectivity index (χ0v) is 11.9. The van der Waals surface area contributed by atoms with Crippen molar-refractivity contribution in [1.82, 2.24) is 0 Å². The first-order valence-electron chi connectivity index (χ1n) is 4.71. The highest BCUT2D eigenvalue weighted by atomic mass is 127. The summed E-state index contributed by atoms with van der Waals surface area (Å²) in [5, 5.41) is 0. The topological polar surface area (TPSA) is 43.4 Å². The third kappa shape index (κ3) is 4.23. The summed E-state index contributed by atoms with van der Waals surface area (Å²) in [6, 6.07) is 6.58. The molecular weight excluding hydrogens is 339 g/mol. The molecule has 88 valence electrons. The molecule has 0 saturated carbocycles. The van der Waals surface area contributed by atoms with E-state index >= 15 is 0 Å². The maximum atomic E-state index is 11.7. The van der Waals surface area contributed by atoms with Crippen molar-refractivity contribution in [3.05, 3.63) is 40.0 Å². The number of aryl methyl sites for hydroxylation is 1. The fraction of sp³-hybridized carbons (Fsp3) is 0.273. The van der Waals surface area contributed by atoms with E-state index in [9.17, 15) is 8.42 Å². The van der Waals surface area contributed by atoms with Gasteiger partial charge in [0.05, 0.1) is 11.5 Å². The molecule has 0 amide bonds. The van der Waals surface area contributed by atoms with Gasteiger partial charge in [-0.2, -0.15) is 8.42 Å². The maximum absolute atomic E-state index is 11.7. The SMILES string of the molecule is C=C(I)CCOS(=O)(=O)c1ccc(C)cc1. The van der Waals surface area contributed by atoms with E-state index in [1.165, 1.54) is 0 Å². The quantitative estimate of drug-likeness (QED) is 0.604. The minimum Gasteiger partial charge on any atom is -0.266 e. The van der Waals surface area contributed by atoms with E-state index in [1.54, 1.807) is 24.3 Å². The van der Waals surface area contributed by atoms with Gasteiger partial charge in [-0.05, 0) is 45.2 Å². The smallest absolute Gasteiger partial charge is 0.266 e. The molecule has 0 atom stereocenters. The van der Waals surface area contributed by atoms with Crippen LogP contribution in [0.25, 0.3) is 0 Å². The molecule has 1 aromatic carbocycles. The molecule has 0 aliphatic heterocycles. The standard InChI is InChI=1S/C11H13IO3S/c1-9-3-5-11(6-4-9)16(13,14)15-8-7-10(2)12/h3-6H,2,7-8H2,1H3. The molecule has 0 aliphatic rings. The van der Waals surface area contributed by atoms with Crippen molar-refractivity contribution in [3.8, 4) is 0 Å². The Hall–Kier alpha value is -0.400. The van der Waals surface area contributed by atoms with Crippen molar-refractivity contribution in [2.75, 3.05) is 6.61 Å². The zero-order valence-electron chi connectivity index (χ0n) is 8.94. The Morgan fingerprint density at radius 1 is 1.38 bits per heavy atom. The molecule has 0 fully saturated rings. The van der Waals surface area contributed by atoms with Crippen LogP contribution in [-0.2, 0) is 14.3 Å². The van der Waals surface area contributed by atoms with E-state index in [1.807, 2.05) is 29.5 Å². The van der Waals surface area contributed by atoms with Gasteiger partial charge in [0.25, 0.3) is 10.1 Å². The first kappa shape index (κ1) is 13.7. The first-order chi connectivity index (χ1) is 7.42. The maximum Gasteiger partial charge on any atom is 0.296 e. The van der Waals surface area contributed by atoms with Crippen LogP contribution in [0.1, 0.15) is 12.0 Å². The highest BCUT2D eigenvalue weighted by Crippen LogP contribution is 2.15. The van der Waals surface area contributed by atoms with Crippen molar-refractivity contribution in [3.63, 3.8) is 0 Å². The Balaban J connectivity index is 2.71. The Morgan fingerprint density at radius 3 is 2.44 bits per heavy atom. The van der Waals surface area contributed by atoms with Crippen LogP contribution in [0.4, 0.5) is 0 Å². The van der Waals surface area contributed by atoms with Crippen molar-refractivity contribution in [2.24, 2.45) is 0 Å². The van der Waals surface area contributed by atoms with E-state index in [4.69, 9.17) is 4.18 Å². The van der Waals surface area contributed by atoms with E-state index in [-0.39, 0.29) is 11.5 Å². The van der Waals surface area contributed by atoms with Crippen molar-refractivity contribution in [2.45, 2.75) is 18.2 Å². The van der Waals surface area contributed by atoms with Gasteiger partial charge >= 0.3 is 0 Å². The first-order valence-corrected chi connectivity index (χ1v) is 7.20. The summed E-state index contributed by atoms with van der Waals surface area (Å²) in [5.74, 6) is 0. The third-order valence-electron chi connectivity index (χ3n) is 1.92. The monoisotopic (exact) mass is 352 g/mol. The summed E-state index contributed by atoms with van der Waals surface area (Å²) in [6.07, 6.45) is 0.533. The zero-order chi connectivity index (χ0) is 12.2. The van der Waals surface area contributed by atoms with E-state index in [2.05, 4.69) is 6.58 Å². The molecule has 0 bridgehead atoms. The molecule has 5 heteroatoms. The average molecular weight is 352 g/mol. The molecule has 0 radical (unpaired) electrons. The lowest BCUT2D eigenvalue weighted by Crippen LogP contribution is -2.07. The molecule has 0 unspecified atom stereocenters. The number of benzene rings is 1. The molecule has 0 spiro atoms. The molecule has 1 rings (SSSR count). The summed E-state index contributed by atoms with van der Waals surface area (Å²) in [7, 11) is -3.62. The second-order valence-corrected chi connectivity index (χ2v) is 6.50. The molecule has 0 aliphatic carbocycles. The fourth-order valence-electron chi connectivity index (χ4n) is 1.04. The van der Waals surface area contributed by atoms with E-state index in [0.717, 1.165) is 9.14 Å². The largest absolute Gasteiger partial charge is 0.296 e. The van der Waals surface area contributed by atoms with Gasteiger partial charge in [0.15, 0.2) is 0 Å². The average Bonchev–Trinajstić information content (AvgIpc) is 2.17. The highest BCUT2D eigenvalue weighted by molar-refractivity contribution is 14.1. The van der Waals surface area contributed by atoms with Crippen molar-refractivity contribution in [1.29, 1.82) is 0 Å². The summed E-state index contributed by atoms with van der Waals surface area (Å²) in [4.78, 5) is 0.192. The van der Waals surface area contributed by atoms with Crippen LogP contribution >= 0.6 is 22.6 Å². The van der Waals surface area contributed by atoms with Crippen molar-refractivity contribution < 1.29 is 12.6 Å². The summed E-state index contributed by atoms with van der Waals surface area (Å²) < 4.78 is 29.1. The van der Waals surface area contributed by atoms with Crippen molar-refractivity contribution >= 4 is 32.7 Å². The Labute approximate surface area is 110 Å². The minimum atomic E-state index is -3.62.